The number of ether oxygens (including phenoxy) is 1. The first-order valence-corrected chi connectivity index (χ1v) is 17.8. The van der Waals surface area contributed by atoms with Gasteiger partial charge in [0.25, 0.3) is 11.8 Å². The lowest BCUT2D eigenvalue weighted by molar-refractivity contribution is -0.466. The molecule has 0 aromatic heterocycles. The molecule has 49 heavy (non-hydrogen) atoms. The average molecular weight is 667 g/mol. The largest absolute Gasteiger partial charge is 0.364 e. The highest BCUT2D eigenvalue weighted by Gasteiger charge is 2.61. The van der Waals surface area contributed by atoms with Crippen LogP contribution in [0.2, 0.25) is 0 Å². The molecule has 3 atom stereocenters. The maximum atomic E-state index is 17.9. The molecule has 2 aromatic carbocycles. The van der Waals surface area contributed by atoms with Crippen LogP contribution >= 0.6 is 0 Å². The number of imide groups is 1. The van der Waals surface area contributed by atoms with Crippen LogP contribution in [0.4, 0.5) is 15.8 Å². The summed E-state index contributed by atoms with van der Waals surface area (Å²) in [4.78, 5) is 43.5. The Hall–Kier alpha value is -4.11. The molecule has 0 N–H and O–H groups in total. The highest BCUT2D eigenvalue weighted by atomic mass is 19.1. The van der Waals surface area contributed by atoms with Crippen molar-refractivity contribution in [3.05, 3.63) is 82.3 Å². The van der Waals surface area contributed by atoms with Crippen LogP contribution in [0.1, 0.15) is 97.1 Å². The first-order valence-electron chi connectivity index (χ1n) is 17.8. The van der Waals surface area contributed by atoms with Gasteiger partial charge >= 0.3 is 5.97 Å². The monoisotopic (exact) mass is 666 g/mol. The van der Waals surface area contributed by atoms with Crippen molar-refractivity contribution >= 4 is 34.9 Å². The van der Waals surface area contributed by atoms with E-state index in [-0.39, 0.29) is 48.1 Å². The number of halogens is 1. The first-order chi connectivity index (χ1) is 23.3. The van der Waals surface area contributed by atoms with Crippen molar-refractivity contribution in [2.24, 2.45) is 5.41 Å². The van der Waals surface area contributed by atoms with Gasteiger partial charge < -0.3 is 14.5 Å². The molecule has 0 saturated carbocycles. The van der Waals surface area contributed by atoms with Gasteiger partial charge in [-0.3, -0.25) is 9.59 Å². The van der Waals surface area contributed by atoms with Crippen molar-refractivity contribution in [2.45, 2.75) is 109 Å². The molecule has 8 rings (SSSR count). The average Bonchev–Trinajstić information content (AvgIpc) is 3.61. The quantitative estimate of drug-likeness (QED) is 0.179. The fourth-order valence-electron chi connectivity index (χ4n) is 9.56. The summed E-state index contributed by atoms with van der Waals surface area (Å²) in [5.74, 6) is -1.64. The highest BCUT2D eigenvalue weighted by Crippen LogP contribution is 2.58. The molecule has 1 saturated heterocycles. The van der Waals surface area contributed by atoms with Crippen LogP contribution in [0.3, 0.4) is 0 Å². The Kier molecular flexibility index (Phi) is 7.34. The number of hydrogen-bond acceptors (Lipinski definition) is 6. The van der Waals surface area contributed by atoms with E-state index < -0.39 is 23.2 Å². The molecule has 0 radical (unpaired) electrons. The second-order valence-electron chi connectivity index (χ2n) is 16.0. The van der Waals surface area contributed by atoms with Gasteiger partial charge in [-0.15, -0.1) is 5.06 Å². The number of rotatable bonds is 7. The van der Waals surface area contributed by atoms with Gasteiger partial charge in [-0.25, -0.2) is 9.18 Å². The Labute approximate surface area is 287 Å². The molecule has 1 fully saturated rings. The van der Waals surface area contributed by atoms with Crippen LogP contribution < -0.4 is 4.90 Å². The van der Waals surface area contributed by atoms with Gasteiger partial charge in [0.05, 0.1) is 22.5 Å². The Morgan fingerprint density at radius 2 is 1.63 bits per heavy atom. The van der Waals surface area contributed by atoms with E-state index >= 15 is 4.39 Å². The molecule has 6 aliphatic heterocycles. The molecule has 6 heterocycles. The molecule has 2 aromatic rings. The fourth-order valence-corrected chi connectivity index (χ4v) is 9.56. The van der Waals surface area contributed by atoms with Crippen molar-refractivity contribution in [1.82, 2.24) is 5.06 Å². The highest BCUT2D eigenvalue weighted by molar-refractivity contribution is 6.09. The number of para-hydroxylation sites is 2. The molecule has 3 unspecified atom stereocenters. The minimum absolute atomic E-state index is 0.0750. The number of allylic oxidation sites excluding steroid dienone is 1. The SMILES string of the molecule is CC1(C)C2=[N+](CC(C)(C)C3OC4CCN5C(=C4C(F)=C23)C(C)(CCCCCC(=O)ON2C(=O)CCC2=O)c2ccccc25)c2ccccc21. The zero-order chi connectivity index (χ0) is 34.5. The summed E-state index contributed by atoms with van der Waals surface area (Å²) in [6.45, 7) is 12.6. The lowest BCUT2D eigenvalue weighted by Gasteiger charge is -2.47. The third kappa shape index (κ3) is 4.71. The maximum Gasteiger partial charge on any atom is 0.333 e. The maximum absolute atomic E-state index is 17.9. The molecule has 256 valence electrons. The summed E-state index contributed by atoms with van der Waals surface area (Å²) in [5.41, 5.74) is 6.94. The van der Waals surface area contributed by atoms with Crippen LogP contribution in [-0.4, -0.2) is 58.4 Å². The minimum Gasteiger partial charge on any atom is -0.364 e. The summed E-state index contributed by atoms with van der Waals surface area (Å²) in [6.07, 6.45) is 3.17. The molecule has 2 amide bonds. The van der Waals surface area contributed by atoms with Crippen molar-refractivity contribution < 1.29 is 32.9 Å². The zero-order valence-electron chi connectivity index (χ0n) is 29.1. The number of amides is 2. The Morgan fingerprint density at radius 3 is 2.39 bits per heavy atom. The van der Waals surface area contributed by atoms with Gasteiger partial charge in [0.1, 0.15) is 11.9 Å². The van der Waals surface area contributed by atoms with Crippen molar-refractivity contribution in [2.75, 3.05) is 18.0 Å². The predicted octanol–water partition coefficient (Wildman–Crippen LogP) is 7.09. The lowest BCUT2D eigenvalue weighted by Crippen LogP contribution is -2.55. The van der Waals surface area contributed by atoms with Crippen molar-refractivity contribution in [3.8, 4) is 0 Å². The zero-order valence-corrected chi connectivity index (χ0v) is 29.1. The van der Waals surface area contributed by atoms with E-state index in [0.717, 1.165) is 55.1 Å². The van der Waals surface area contributed by atoms with Crippen LogP contribution in [0, 0.1) is 5.41 Å². The normalized spacial score (nSPS) is 27.6. The molecule has 0 aliphatic carbocycles. The molecule has 0 spiro atoms. The third-order valence-electron chi connectivity index (χ3n) is 11.8. The van der Waals surface area contributed by atoms with E-state index in [4.69, 9.17) is 9.57 Å². The molecule has 9 heteroatoms. The van der Waals surface area contributed by atoms with Crippen LogP contribution in [0.15, 0.2) is 71.2 Å². The number of nitrogens with zero attached hydrogens (tertiary/aromatic N) is 3. The fraction of sp³-hybridized carbons (Fsp3) is 0.500. The predicted molar refractivity (Wildman–Crippen MR) is 183 cm³/mol. The summed E-state index contributed by atoms with van der Waals surface area (Å²) >= 11 is 0. The molecule has 6 aliphatic rings. The third-order valence-corrected chi connectivity index (χ3v) is 11.8. The number of carbonyl (C=O) groups is 3. The van der Waals surface area contributed by atoms with E-state index in [1.165, 1.54) is 11.1 Å². The van der Waals surface area contributed by atoms with E-state index in [1.807, 2.05) is 0 Å². The molecular formula is C40H45FN3O5+. The number of hydroxylamine groups is 2. The van der Waals surface area contributed by atoms with Crippen LogP contribution in [0.5, 0.6) is 0 Å². The second-order valence-corrected chi connectivity index (χ2v) is 16.0. The molecule has 0 bridgehead atoms. The topological polar surface area (TPSA) is 79.2 Å². The van der Waals surface area contributed by atoms with Gasteiger partial charge in [0, 0.05) is 59.8 Å². The van der Waals surface area contributed by atoms with E-state index in [1.54, 1.807) is 0 Å². The van der Waals surface area contributed by atoms with Crippen LogP contribution in [0.25, 0.3) is 0 Å². The van der Waals surface area contributed by atoms with E-state index in [0.29, 0.717) is 29.1 Å². The van der Waals surface area contributed by atoms with Gasteiger partial charge in [0.2, 0.25) is 11.4 Å². The summed E-state index contributed by atoms with van der Waals surface area (Å²) in [6, 6.07) is 16.9. The smallest absolute Gasteiger partial charge is 0.333 e. The number of hydrogen-bond donors (Lipinski definition) is 0. The van der Waals surface area contributed by atoms with Gasteiger partial charge in [-0.2, -0.15) is 4.58 Å². The first kappa shape index (κ1) is 32.1. The number of anilines is 1. The Bertz CT molecular complexity index is 1890. The lowest BCUT2D eigenvalue weighted by atomic mass is 9.68. The van der Waals surface area contributed by atoms with E-state index in [9.17, 15) is 14.4 Å². The summed E-state index contributed by atoms with van der Waals surface area (Å²) in [5, 5.41) is 0.608. The molecule has 8 nitrogen and oxygen atoms in total. The molecular weight excluding hydrogens is 621 g/mol. The van der Waals surface area contributed by atoms with Gasteiger partial charge in [-0.05, 0) is 51.7 Å². The van der Waals surface area contributed by atoms with E-state index in [2.05, 4.69) is 92.6 Å². The summed E-state index contributed by atoms with van der Waals surface area (Å²) < 4.78 is 27.4. The summed E-state index contributed by atoms with van der Waals surface area (Å²) in [7, 11) is 0. The standard InChI is InChI=1S/C40H45FN3O5/c1-38(2)23-43-26-15-10-8-13-24(26)39(3,4)35(43)33-34(41)32-28(48-37(33)38)20-22-42-27-16-11-9-14-25(27)40(5,36(32)42)21-12-6-7-17-31(47)49-44-29(45)18-19-30(44)46/h8-11,13-16,28,37H,6-7,12,17-23H2,1-5H3/q+1. The van der Waals surface area contributed by atoms with Gasteiger partial charge in [-0.1, -0.05) is 63.1 Å². The Balaban J connectivity index is 1.14. The number of unbranched alkanes of at least 4 members (excludes halogenated alkanes) is 2. The van der Waals surface area contributed by atoms with Crippen LogP contribution in [-0.2, 0) is 34.8 Å². The second kappa shape index (κ2) is 11.2. The number of fused-ring (bicyclic) bond motifs is 8. The van der Waals surface area contributed by atoms with Gasteiger partial charge in [0.15, 0.2) is 6.54 Å². The minimum atomic E-state index is -0.575. The number of benzene rings is 2. The van der Waals surface area contributed by atoms with Crippen molar-refractivity contribution in [3.63, 3.8) is 0 Å². The van der Waals surface area contributed by atoms with Crippen molar-refractivity contribution in [1.29, 1.82) is 0 Å². The Morgan fingerprint density at radius 1 is 0.939 bits per heavy atom. The number of carbonyl (C=O) groups excluding carboxylic acids is 3.